The van der Waals surface area contributed by atoms with Crippen molar-refractivity contribution < 1.29 is 9.79 Å². The molecular weight excluding hydrogens is 185 g/mol. The van der Waals surface area contributed by atoms with Crippen LogP contribution in [0.5, 0.6) is 0 Å². The maximum absolute atomic E-state index is 9.07. The van der Waals surface area contributed by atoms with Crippen LogP contribution in [0.3, 0.4) is 0 Å². The zero-order valence-electron chi connectivity index (χ0n) is 7.01. The molecule has 0 spiro atoms. The summed E-state index contributed by atoms with van der Waals surface area (Å²) < 4.78 is 0. The lowest BCUT2D eigenvalue weighted by molar-refractivity contribution is 0.497. The first-order valence-corrected chi connectivity index (χ1v) is 4.87. The Hall–Kier alpha value is -1.02. The molecule has 2 N–H and O–H groups in total. The predicted molar refractivity (Wildman–Crippen MR) is 55.4 cm³/mol. The van der Waals surface area contributed by atoms with E-state index in [1.807, 2.05) is 0 Å². The average molecular weight is 195 g/mol. The van der Waals surface area contributed by atoms with Gasteiger partial charge in [0, 0.05) is 17.1 Å². The molecule has 0 atom stereocenters. The van der Waals surface area contributed by atoms with Gasteiger partial charge in [-0.2, -0.15) is 0 Å². The minimum Gasteiger partial charge on any atom is -0.347 e. The van der Waals surface area contributed by atoms with Crippen molar-refractivity contribution in [1.29, 1.82) is 0 Å². The Labute approximate surface area is 78.0 Å². The Morgan fingerprint density at radius 1 is 1.31 bits per heavy atom. The molecule has 0 aliphatic carbocycles. The van der Waals surface area contributed by atoms with E-state index in [1.165, 1.54) is 6.20 Å². The molecule has 0 amide bonds. The molecule has 1 rings (SSSR count). The highest BCUT2D eigenvalue weighted by Gasteiger charge is 2.10. The van der Waals surface area contributed by atoms with E-state index in [2.05, 4.69) is 18.1 Å². The zero-order valence-corrected chi connectivity index (χ0v) is 7.91. The van der Waals surface area contributed by atoms with Crippen LogP contribution in [0.1, 0.15) is 11.3 Å². The zero-order chi connectivity index (χ0) is 9.84. The number of nitrogens with zero attached hydrogens (tertiary/aromatic N) is 1. The molecular formula is C9H10NO2P. The molecule has 4 heteroatoms. The van der Waals surface area contributed by atoms with Crippen LogP contribution in [0.25, 0.3) is 12.2 Å². The van der Waals surface area contributed by atoms with Crippen LogP contribution in [0.2, 0.25) is 0 Å². The second-order valence-corrected chi connectivity index (χ2v) is 3.39. The monoisotopic (exact) mass is 195 g/mol. The minimum atomic E-state index is -2.10. The average Bonchev–Trinajstić information content (AvgIpc) is 2.16. The molecule has 1 heterocycles. The lowest BCUT2D eigenvalue weighted by Gasteiger charge is -2.08. The van der Waals surface area contributed by atoms with Gasteiger partial charge in [-0.15, -0.1) is 0 Å². The molecule has 0 fully saturated rings. The summed E-state index contributed by atoms with van der Waals surface area (Å²) >= 11 is 0. The Bertz CT molecular complexity index is 336. The Morgan fingerprint density at radius 3 is 2.46 bits per heavy atom. The van der Waals surface area contributed by atoms with Crippen LogP contribution in [0.4, 0.5) is 0 Å². The molecule has 13 heavy (non-hydrogen) atoms. The summed E-state index contributed by atoms with van der Waals surface area (Å²) in [5, 5.41) is 0.454. The van der Waals surface area contributed by atoms with Crippen molar-refractivity contribution in [3.63, 3.8) is 0 Å². The maximum Gasteiger partial charge on any atom is 0.200 e. The van der Waals surface area contributed by atoms with Crippen LogP contribution in [0.15, 0.2) is 25.4 Å². The third-order valence-electron chi connectivity index (χ3n) is 1.61. The normalized spacial score (nSPS) is 10.1. The standard InChI is InChI=1S/C9H10NO2P/c1-3-7-8(4-2)10-6-5-9(7)13(11)12/h3-6,11-12H,1-2H2. The fourth-order valence-electron chi connectivity index (χ4n) is 1.02. The first kappa shape index (κ1) is 10.1. The molecule has 0 unspecified atom stereocenters. The Morgan fingerprint density at radius 2 is 2.00 bits per heavy atom. The van der Waals surface area contributed by atoms with Crippen LogP contribution in [-0.4, -0.2) is 14.8 Å². The molecule has 0 saturated heterocycles. The molecule has 68 valence electrons. The van der Waals surface area contributed by atoms with E-state index in [0.717, 1.165) is 0 Å². The van der Waals surface area contributed by atoms with Crippen molar-refractivity contribution >= 4 is 25.8 Å². The van der Waals surface area contributed by atoms with E-state index < -0.39 is 8.38 Å². The van der Waals surface area contributed by atoms with Gasteiger partial charge in [0.25, 0.3) is 0 Å². The first-order valence-electron chi connectivity index (χ1n) is 3.62. The van der Waals surface area contributed by atoms with Crippen molar-refractivity contribution in [2.45, 2.75) is 0 Å². The van der Waals surface area contributed by atoms with Gasteiger partial charge in [-0.1, -0.05) is 19.2 Å². The van der Waals surface area contributed by atoms with E-state index in [9.17, 15) is 0 Å². The lowest BCUT2D eigenvalue weighted by Crippen LogP contribution is -2.07. The van der Waals surface area contributed by atoms with Crippen molar-refractivity contribution in [2.24, 2.45) is 0 Å². The number of hydrogen-bond donors (Lipinski definition) is 2. The fraction of sp³-hybridized carbons (Fsp3) is 0. The summed E-state index contributed by atoms with van der Waals surface area (Å²) in [5.74, 6) is 0. The van der Waals surface area contributed by atoms with Crippen molar-refractivity contribution in [2.75, 3.05) is 0 Å². The highest BCUT2D eigenvalue weighted by Crippen LogP contribution is 2.25. The second kappa shape index (κ2) is 4.28. The fourth-order valence-corrected chi connectivity index (χ4v) is 1.65. The third kappa shape index (κ3) is 2.01. The van der Waals surface area contributed by atoms with Gasteiger partial charge < -0.3 is 9.79 Å². The lowest BCUT2D eigenvalue weighted by atomic mass is 10.2. The van der Waals surface area contributed by atoms with E-state index in [1.54, 1.807) is 18.2 Å². The van der Waals surface area contributed by atoms with Gasteiger partial charge in [-0.3, -0.25) is 4.98 Å². The highest BCUT2D eigenvalue weighted by molar-refractivity contribution is 7.54. The molecule has 1 aromatic heterocycles. The summed E-state index contributed by atoms with van der Waals surface area (Å²) in [7, 11) is -2.10. The largest absolute Gasteiger partial charge is 0.347 e. The van der Waals surface area contributed by atoms with Gasteiger partial charge in [0.05, 0.1) is 5.69 Å². The van der Waals surface area contributed by atoms with Gasteiger partial charge in [0.1, 0.15) is 0 Å². The topological polar surface area (TPSA) is 53.4 Å². The van der Waals surface area contributed by atoms with Gasteiger partial charge >= 0.3 is 0 Å². The highest BCUT2D eigenvalue weighted by atomic mass is 31.2. The van der Waals surface area contributed by atoms with Gasteiger partial charge in [-0.25, -0.2) is 0 Å². The maximum atomic E-state index is 9.07. The van der Waals surface area contributed by atoms with Crippen molar-refractivity contribution in [3.05, 3.63) is 36.7 Å². The van der Waals surface area contributed by atoms with Crippen LogP contribution in [-0.2, 0) is 0 Å². The molecule has 0 aliphatic rings. The predicted octanol–water partition coefficient (Wildman–Crippen LogP) is 1.29. The number of rotatable bonds is 3. The quantitative estimate of drug-likeness (QED) is 0.714. The first-order chi connectivity index (χ1) is 6.20. The summed E-state index contributed by atoms with van der Waals surface area (Å²) in [5.41, 5.74) is 1.25. The third-order valence-corrected chi connectivity index (χ3v) is 2.43. The molecule has 0 radical (unpaired) electrons. The van der Waals surface area contributed by atoms with Crippen LogP contribution in [0, 0.1) is 0 Å². The number of pyridine rings is 1. The smallest absolute Gasteiger partial charge is 0.200 e. The molecule has 0 aliphatic heterocycles. The molecule has 3 nitrogen and oxygen atoms in total. The molecule has 0 bridgehead atoms. The molecule has 0 saturated carbocycles. The van der Waals surface area contributed by atoms with E-state index in [0.29, 0.717) is 16.6 Å². The Balaban J connectivity index is 3.35. The summed E-state index contributed by atoms with van der Waals surface area (Å²) in [4.78, 5) is 22.1. The van der Waals surface area contributed by atoms with Crippen LogP contribution >= 0.6 is 8.38 Å². The van der Waals surface area contributed by atoms with E-state index >= 15 is 0 Å². The van der Waals surface area contributed by atoms with Gasteiger partial charge in [0.2, 0.25) is 0 Å². The van der Waals surface area contributed by atoms with Crippen LogP contribution < -0.4 is 5.30 Å². The second-order valence-electron chi connectivity index (χ2n) is 2.33. The molecule has 1 aromatic rings. The minimum absolute atomic E-state index is 0.454. The number of aromatic nitrogens is 1. The summed E-state index contributed by atoms with van der Waals surface area (Å²) in [6, 6.07) is 1.57. The Kier molecular flexibility index (Phi) is 3.32. The van der Waals surface area contributed by atoms with Crippen molar-refractivity contribution in [3.8, 4) is 0 Å². The SMILES string of the molecule is C=Cc1nccc(P(O)O)c1C=C. The van der Waals surface area contributed by atoms with Crippen molar-refractivity contribution in [1.82, 2.24) is 4.98 Å². The number of hydrogen-bond acceptors (Lipinski definition) is 3. The van der Waals surface area contributed by atoms with E-state index in [-0.39, 0.29) is 0 Å². The van der Waals surface area contributed by atoms with E-state index in [4.69, 9.17) is 9.79 Å². The summed E-state index contributed by atoms with van der Waals surface area (Å²) in [6.45, 7) is 7.16. The van der Waals surface area contributed by atoms with Gasteiger partial charge in [-0.05, 0) is 12.1 Å². The summed E-state index contributed by atoms with van der Waals surface area (Å²) in [6.07, 6.45) is 4.61. The molecule has 0 aromatic carbocycles. The van der Waals surface area contributed by atoms with Gasteiger partial charge in [0.15, 0.2) is 8.38 Å².